The van der Waals surface area contributed by atoms with Gasteiger partial charge in [-0.2, -0.15) is 0 Å². The molecule has 0 aromatic rings. The summed E-state index contributed by atoms with van der Waals surface area (Å²) in [6.45, 7) is 14.3. The lowest BCUT2D eigenvalue weighted by atomic mass is 9.54. The molecule has 2 fully saturated rings. The van der Waals surface area contributed by atoms with Crippen LogP contribution >= 0.6 is 0 Å². The smallest absolute Gasteiger partial charge is 0.0662 e. The number of ether oxygens (including phenoxy) is 1. The lowest BCUT2D eigenvalue weighted by molar-refractivity contribution is -0.157. The minimum atomic E-state index is -0.0770. The maximum Gasteiger partial charge on any atom is 0.0662 e. The largest absolute Gasteiger partial charge is 0.378 e. The molecule has 118 valence electrons. The third kappa shape index (κ3) is 3.20. The minimum Gasteiger partial charge on any atom is -0.378 e. The fourth-order valence-corrected chi connectivity index (χ4v) is 3.39. The van der Waals surface area contributed by atoms with E-state index in [2.05, 4.69) is 39.5 Å². The molecular formula is C17H34N2O. The molecule has 2 rings (SSSR count). The Kier molecular flexibility index (Phi) is 4.83. The average molecular weight is 282 g/mol. The summed E-state index contributed by atoms with van der Waals surface area (Å²) in [6.07, 6.45) is 5.36. The predicted octanol–water partition coefficient (Wildman–Crippen LogP) is 3.03. The molecule has 0 saturated heterocycles. The first kappa shape index (κ1) is 16.3. The van der Waals surface area contributed by atoms with Crippen molar-refractivity contribution >= 4 is 0 Å². The number of nitrogens with zero attached hydrogens (tertiary/aromatic N) is 1. The Bertz CT molecular complexity index is 325. The summed E-state index contributed by atoms with van der Waals surface area (Å²) in [7, 11) is 0. The fourth-order valence-electron chi connectivity index (χ4n) is 3.39. The van der Waals surface area contributed by atoms with E-state index in [1.54, 1.807) is 0 Å². The van der Waals surface area contributed by atoms with Gasteiger partial charge < -0.3 is 10.5 Å². The second-order valence-electron chi connectivity index (χ2n) is 7.91. The molecule has 2 N–H and O–H groups in total. The lowest BCUT2D eigenvalue weighted by Crippen LogP contribution is -2.73. The van der Waals surface area contributed by atoms with Crippen LogP contribution in [0.5, 0.6) is 0 Å². The van der Waals surface area contributed by atoms with Crippen molar-refractivity contribution in [2.24, 2.45) is 17.1 Å². The maximum atomic E-state index is 6.75. The first-order valence-electron chi connectivity index (χ1n) is 8.44. The van der Waals surface area contributed by atoms with E-state index in [4.69, 9.17) is 10.5 Å². The molecule has 0 amide bonds. The van der Waals surface area contributed by atoms with Crippen molar-refractivity contribution in [3.05, 3.63) is 0 Å². The van der Waals surface area contributed by atoms with Gasteiger partial charge in [0.15, 0.2) is 0 Å². The van der Waals surface area contributed by atoms with E-state index in [-0.39, 0.29) is 11.0 Å². The fraction of sp³-hybridized carbons (Fsp3) is 1.00. The summed E-state index contributed by atoms with van der Waals surface area (Å²) in [5.74, 6) is 0.774. The molecule has 0 aliphatic heterocycles. The van der Waals surface area contributed by atoms with Crippen LogP contribution < -0.4 is 5.73 Å². The van der Waals surface area contributed by atoms with E-state index in [0.717, 1.165) is 31.5 Å². The molecule has 0 spiro atoms. The van der Waals surface area contributed by atoms with Crippen molar-refractivity contribution in [1.29, 1.82) is 0 Å². The molecule has 2 atom stereocenters. The van der Waals surface area contributed by atoms with Gasteiger partial charge in [-0.1, -0.05) is 27.7 Å². The summed E-state index contributed by atoms with van der Waals surface area (Å²) in [4.78, 5) is 2.66. The molecule has 0 aromatic heterocycles. The van der Waals surface area contributed by atoms with Crippen LogP contribution in [0.4, 0.5) is 0 Å². The SMILES string of the molecule is CCOC1CC(N)(CN(CCC(C)C)C2CC2)C1(C)C. The third-order valence-electron chi connectivity index (χ3n) is 5.55. The third-order valence-corrected chi connectivity index (χ3v) is 5.55. The van der Waals surface area contributed by atoms with Crippen LogP contribution in [0.2, 0.25) is 0 Å². The van der Waals surface area contributed by atoms with Crippen molar-refractivity contribution in [1.82, 2.24) is 4.90 Å². The standard InChI is InChI=1S/C17H34N2O/c1-6-20-15-11-17(18,16(15,4)5)12-19(14-7-8-14)10-9-13(2)3/h13-15H,6-12,18H2,1-5H3. The second-order valence-corrected chi connectivity index (χ2v) is 7.91. The predicted molar refractivity (Wildman–Crippen MR) is 84.8 cm³/mol. The van der Waals surface area contributed by atoms with Gasteiger partial charge in [-0.05, 0) is 45.1 Å². The van der Waals surface area contributed by atoms with Gasteiger partial charge in [0.25, 0.3) is 0 Å². The Hall–Kier alpha value is -0.120. The van der Waals surface area contributed by atoms with Gasteiger partial charge in [0, 0.05) is 30.1 Å². The number of hydrogen-bond acceptors (Lipinski definition) is 3. The zero-order valence-electron chi connectivity index (χ0n) is 14.1. The van der Waals surface area contributed by atoms with Crippen LogP contribution in [-0.2, 0) is 4.74 Å². The summed E-state index contributed by atoms with van der Waals surface area (Å²) in [5, 5.41) is 0. The van der Waals surface area contributed by atoms with E-state index >= 15 is 0 Å². The average Bonchev–Trinajstić information content (AvgIpc) is 3.18. The van der Waals surface area contributed by atoms with E-state index < -0.39 is 0 Å². The molecule has 20 heavy (non-hydrogen) atoms. The summed E-state index contributed by atoms with van der Waals surface area (Å²) >= 11 is 0. The highest BCUT2D eigenvalue weighted by Gasteiger charge is 2.59. The molecule has 0 aromatic carbocycles. The normalized spacial score (nSPS) is 32.7. The molecule has 2 saturated carbocycles. The van der Waals surface area contributed by atoms with Crippen molar-refractivity contribution in [2.45, 2.75) is 78.0 Å². The van der Waals surface area contributed by atoms with Crippen LogP contribution in [0, 0.1) is 11.3 Å². The minimum absolute atomic E-state index is 0.0770. The van der Waals surface area contributed by atoms with Crippen LogP contribution in [-0.4, -0.2) is 42.3 Å². The van der Waals surface area contributed by atoms with Crippen molar-refractivity contribution in [3.8, 4) is 0 Å². The van der Waals surface area contributed by atoms with Crippen LogP contribution in [0.15, 0.2) is 0 Å². The Labute approximate surface area is 125 Å². The molecule has 0 bridgehead atoms. The molecule has 3 nitrogen and oxygen atoms in total. The van der Waals surface area contributed by atoms with Crippen LogP contribution in [0.25, 0.3) is 0 Å². The van der Waals surface area contributed by atoms with E-state index in [1.165, 1.54) is 25.8 Å². The summed E-state index contributed by atoms with van der Waals surface area (Å²) in [5.41, 5.74) is 6.77. The van der Waals surface area contributed by atoms with Crippen LogP contribution in [0.3, 0.4) is 0 Å². The van der Waals surface area contributed by atoms with Gasteiger partial charge in [-0.15, -0.1) is 0 Å². The Morgan fingerprint density at radius 1 is 1.30 bits per heavy atom. The molecule has 3 heteroatoms. The molecule has 2 aliphatic rings. The van der Waals surface area contributed by atoms with Gasteiger partial charge in [0.1, 0.15) is 0 Å². The highest BCUT2D eigenvalue weighted by molar-refractivity contribution is 5.15. The molecular weight excluding hydrogens is 248 g/mol. The molecule has 2 aliphatic carbocycles. The van der Waals surface area contributed by atoms with E-state index in [9.17, 15) is 0 Å². The zero-order valence-corrected chi connectivity index (χ0v) is 14.1. The quantitative estimate of drug-likeness (QED) is 0.743. The van der Waals surface area contributed by atoms with Crippen molar-refractivity contribution in [3.63, 3.8) is 0 Å². The number of hydrogen-bond donors (Lipinski definition) is 1. The first-order valence-corrected chi connectivity index (χ1v) is 8.44. The van der Waals surface area contributed by atoms with Gasteiger partial charge in [0.2, 0.25) is 0 Å². The number of rotatable bonds is 8. The van der Waals surface area contributed by atoms with Crippen LogP contribution in [0.1, 0.15) is 60.3 Å². The summed E-state index contributed by atoms with van der Waals surface area (Å²) < 4.78 is 5.85. The Balaban J connectivity index is 1.93. The number of nitrogens with two attached hydrogens (primary N) is 1. The zero-order chi connectivity index (χ0) is 15.0. The maximum absolute atomic E-state index is 6.75. The topological polar surface area (TPSA) is 38.5 Å². The van der Waals surface area contributed by atoms with Crippen molar-refractivity contribution in [2.75, 3.05) is 19.7 Å². The summed E-state index contributed by atoms with van der Waals surface area (Å²) in [6, 6.07) is 0.802. The first-order chi connectivity index (χ1) is 9.30. The van der Waals surface area contributed by atoms with Gasteiger partial charge in [-0.25, -0.2) is 0 Å². The Morgan fingerprint density at radius 2 is 1.95 bits per heavy atom. The van der Waals surface area contributed by atoms with E-state index in [0.29, 0.717) is 6.10 Å². The highest BCUT2D eigenvalue weighted by atomic mass is 16.5. The highest BCUT2D eigenvalue weighted by Crippen LogP contribution is 2.50. The molecule has 2 unspecified atom stereocenters. The van der Waals surface area contributed by atoms with Gasteiger partial charge in [0.05, 0.1) is 6.10 Å². The molecule has 0 radical (unpaired) electrons. The monoisotopic (exact) mass is 282 g/mol. The molecule has 0 heterocycles. The van der Waals surface area contributed by atoms with Crippen molar-refractivity contribution < 1.29 is 4.74 Å². The lowest BCUT2D eigenvalue weighted by Gasteiger charge is -2.60. The van der Waals surface area contributed by atoms with Gasteiger partial charge in [-0.3, -0.25) is 4.90 Å². The second kappa shape index (κ2) is 5.94. The van der Waals surface area contributed by atoms with E-state index in [1.807, 2.05) is 0 Å². The van der Waals surface area contributed by atoms with Gasteiger partial charge >= 0.3 is 0 Å². The Morgan fingerprint density at radius 3 is 2.40 bits per heavy atom.